The van der Waals surface area contributed by atoms with Gasteiger partial charge >= 0.3 is 0 Å². The van der Waals surface area contributed by atoms with E-state index in [0.29, 0.717) is 0 Å². The predicted octanol–water partition coefficient (Wildman–Crippen LogP) is 4.69. The number of benzene rings is 2. The Balaban J connectivity index is 1.67. The molecule has 5 heteroatoms. The summed E-state index contributed by atoms with van der Waals surface area (Å²) in [4.78, 5) is 6.40. The molecule has 1 N–H and O–H groups in total. The number of rotatable bonds is 4. The van der Waals surface area contributed by atoms with Crippen molar-refractivity contribution in [3.8, 4) is 11.4 Å². The average molecular weight is 382 g/mol. The standard InChI is InChI=1S/C24H22N4O/c1-28(2)19-10-6-9-18(13-19)24(17-7-4-3-5-8-17)12-11-20-21(14-24)26-27-23(20)22-15-29-16-25-22/h3-13,15-16H,14H2,1-2H3,(H,26,27). The number of aromatic amines is 1. The Morgan fingerprint density at radius 2 is 1.86 bits per heavy atom. The van der Waals surface area contributed by atoms with Crippen molar-refractivity contribution in [1.82, 2.24) is 15.2 Å². The lowest BCUT2D eigenvalue weighted by molar-refractivity contribution is 0.558. The first-order chi connectivity index (χ1) is 14.2. The first-order valence-corrected chi connectivity index (χ1v) is 9.66. The summed E-state index contributed by atoms with van der Waals surface area (Å²) in [5, 5.41) is 7.78. The molecule has 0 saturated heterocycles. The zero-order chi connectivity index (χ0) is 19.8. The van der Waals surface area contributed by atoms with Crippen molar-refractivity contribution in [3.63, 3.8) is 0 Å². The van der Waals surface area contributed by atoms with E-state index < -0.39 is 0 Å². The molecule has 2 aromatic heterocycles. The summed E-state index contributed by atoms with van der Waals surface area (Å²) in [7, 11) is 4.14. The number of H-pyrrole nitrogens is 1. The molecule has 1 aliphatic carbocycles. The minimum Gasteiger partial charge on any atom is -0.451 e. The predicted molar refractivity (Wildman–Crippen MR) is 115 cm³/mol. The molecule has 2 aromatic carbocycles. The summed E-state index contributed by atoms with van der Waals surface area (Å²) in [6, 6.07) is 19.4. The molecular formula is C24H22N4O. The monoisotopic (exact) mass is 382 g/mol. The summed E-state index contributed by atoms with van der Waals surface area (Å²) in [5.41, 5.74) is 7.18. The van der Waals surface area contributed by atoms with Gasteiger partial charge in [-0.15, -0.1) is 0 Å². The van der Waals surface area contributed by atoms with E-state index in [1.54, 1.807) is 6.26 Å². The quantitative estimate of drug-likeness (QED) is 0.556. The maximum Gasteiger partial charge on any atom is 0.181 e. The van der Waals surface area contributed by atoms with E-state index in [4.69, 9.17) is 4.42 Å². The number of hydrogen-bond acceptors (Lipinski definition) is 4. The van der Waals surface area contributed by atoms with Crippen molar-refractivity contribution < 1.29 is 4.42 Å². The minimum absolute atomic E-state index is 0.270. The normalized spacial score (nSPS) is 17.9. The molecule has 2 heterocycles. The van der Waals surface area contributed by atoms with Crippen molar-refractivity contribution in [2.75, 3.05) is 19.0 Å². The van der Waals surface area contributed by atoms with E-state index in [2.05, 4.69) is 101 Å². The van der Waals surface area contributed by atoms with Crippen LogP contribution in [-0.2, 0) is 11.8 Å². The van der Waals surface area contributed by atoms with Crippen LogP contribution in [0.4, 0.5) is 5.69 Å². The molecule has 29 heavy (non-hydrogen) atoms. The third-order valence-corrected chi connectivity index (χ3v) is 5.71. The van der Waals surface area contributed by atoms with E-state index in [1.807, 2.05) is 0 Å². The Hall–Kier alpha value is -3.60. The largest absolute Gasteiger partial charge is 0.451 e. The van der Waals surface area contributed by atoms with Crippen LogP contribution in [0.3, 0.4) is 0 Å². The van der Waals surface area contributed by atoms with Crippen LogP contribution in [0.5, 0.6) is 0 Å². The summed E-state index contributed by atoms with van der Waals surface area (Å²) < 4.78 is 5.15. The van der Waals surface area contributed by atoms with Gasteiger partial charge in [0.25, 0.3) is 0 Å². The highest BCUT2D eigenvalue weighted by Crippen LogP contribution is 2.43. The third-order valence-electron chi connectivity index (χ3n) is 5.71. The molecule has 1 aliphatic rings. The SMILES string of the molecule is CN(C)c1cccc(C2(c3ccccc3)C=Cc3c(-c4cocn4)n[nH]c3C2)c1. The molecule has 4 aromatic rings. The average Bonchev–Trinajstić information content (AvgIpc) is 3.43. The number of nitrogens with zero attached hydrogens (tertiary/aromatic N) is 3. The van der Waals surface area contributed by atoms with Crippen molar-refractivity contribution in [2.45, 2.75) is 11.8 Å². The highest BCUT2D eigenvalue weighted by molar-refractivity contribution is 5.74. The number of fused-ring (bicyclic) bond motifs is 1. The summed E-state index contributed by atoms with van der Waals surface area (Å²) in [5.74, 6) is 0. The van der Waals surface area contributed by atoms with Crippen molar-refractivity contribution in [2.24, 2.45) is 0 Å². The number of anilines is 1. The van der Waals surface area contributed by atoms with E-state index in [0.717, 1.165) is 29.1 Å². The highest BCUT2D eigenvalue weighted by Gasteiger charge is 2.37. The topological polar surface area (TPSA) is 58.0 Å². The smallest absolute Gasteiger partial charge is 0.181 e. The maximum absolute atomic E-state index is 5.15. The van der Waals surface area contributed by atoms with Gasteiger partial charge in [-0.25, -0.2) is 4.98 Å². The summed E-state index contributed by atoms with van der Waals surface area (Å²) >= 11 is 0. The number of hydrogen-bond donors (Lipinski definition) is 1. The fraction of sp³-hybridized carbons (Fsp3) is 0.167. The van der Waals surface area contributed by atoms with Gasteiger partial charge in [0.15, 0.2) is 6.39 Å². The highest BCUT2D eigenvalue weighted by atomic mass is 16.3. The molecule has 0 saturated carbocycles. The van der Waals surface area contributed by atoms with Gasteiger partial charge in [-0.3, -0.25) is 5.10 Å². The Morgan fingerprint density at radius 1 is 1.03 bits per heavy atom. The second kappa shape index (κ2) is 6.78. The van der Waals surface area contributed by atoms with Crippen LogP contribution in [0.15, 0.2) is 77.7 Å². The van der Waals surface area contributed by atoms with Gasteiger partial charge in [-0.2, -0.15) is 5.10 Å². The van der Waals surface area contributed by atoms with E-state index in [1.165, 1.54) is 23.2 Å². The minimum atomic E-state index is -0.270. The zero-order valence-electron chi connectivity index (χ0n) is 16.5. The zero-order valence-corrected chi connectivity index (χ0v) is 16.5. The number of nitrogens with one attached hydrogen (secondary N) is 1. The van der Waals surface area contributed by atoms with Gasteiger partial charge in [-0.05, 0) is 23.3 Å². The maximum atomic E-state index is 5.15. The van der Waals surface area contributed by atoms with Gasteiger partial charge in [0.1, 0.15) is 17.7 Å². The molecule has 5 rings (SSSR count). The van der Waals surface area contributed by atoms with Crippen LogP contribution < -0.4 is 4.90 Å². The van der Waals surface area contributed by atoms with Crippen molar-refractivity contribution in [3.05, 3.63) is 95.7 Å². The number of allylic oxidation sites excluding steroid dienone is 1. The van der Waals surface area contributed by atoms with Gasteiger partial charge in [0.05, 0.1) is 0 Å². The third kappa shape index (κ3) is 2.86. The van der Waals surface area contributed by atoms with E-state index in [9.17, 15) is 0 Å². The fourth-order valence-electron chi connectivity index (χ4n) is 4.15. The first kappa shape index (κ1) is 17.5. The Bertz CT molecular complexity index is 1160. The van der Waals surface area contributed by atoms with Crippen LogP contribution in [0.1, 0.15) is 22.4 Å². The van der Waals surface area contributed by atoms with Crippen LogP contribution in [-0.4, -0.2) is 29.3 Å². The van der Waals surface area contributed by atoms with Gasteiger partial charge in [0.2, 0.25) is 0 Å². The van der Waals surface area contributed by atoms with Crippen LogP contribution in [0, 0.1) is 0 Å². The molecule has 0 radical (unpaired) electrons. The van der Waals surface area contributed by atoms with Crippen LogP contribution >= 0.6 is 0 Å². The lowest BCUT2D eigenvalue weighted by atomic mass is 9.68. The molecule has 1 atom stereocenters. The van der Waals surface area contributed by atoms with Crippen molar-refractivity contribution in [1.29, 1.82) is 0 Å². The molecule has 5 nitrogen and oxygen atoms in total. The van der Waals surface area contributed by atoms with Crippen molar-refractivity contribution >= 4 is 11.8 Å². The summed E-state index contributed by atoms with van der Waals surface area (Å²) in [6.07, 6.45) is 8.33. The van der Waals surface area contributed by atoms with Crippen LogP contribution in [0.2, 0.25) is 0 Å². The second-order valence-corrected chi connectivity index (χ2v) is 7.63. The number of oxazole rings is 1. The molecule has 144 valence electrons. The lowest BCUT2D eigenvalue weighted by Crippen LogP contribution is -2.30. The van der Waals surface area contributed by atoms with E-state index in [-0.39, 0.29) is 5.41 Å². The molecule has 0 amide bonds. The second-order valence-electron chi connectivity index (χ2n) is 7.63. The van der Waals surface area contributed by atoms with Gasteiger partial charge in [0, 0.05) is 42.9 Å². The van der Waals surface area contributed by atoms with Gasteiger partial charge in [-0.1, -0.05) is 54.6 Å². The lowest BCUT2D eigenvalue weighted by Gasteiger charge is -2.35. The molecule has 0 spiro atoms. The molecule has 0 aliphatic heterocycles. The van der Waals surface area contributed by atoms with Gasteiger partial charge < -0.3 is 9.32 Å². The summed E-state index contributed by atoms with van der Waals surface area (Å²) in [6.45, 7) is 0. The number of aromatic nitrogens is 3. The Morgan fingerprint density at radius 3 is 2.62 bits per heavy atom. The van der Waals surface area contributed by atoms with Crippen LogP contribution in [0.25, 0.3) is 17.5 Å². The van der Waals surface area contributed by atoms with E-state index >= 15 is 0 Å². The molecule has 0 bridgehead atoms. The Labute approximate surface area is 169 Å². The fourth-order valence-corrected chi connectivity index (χ4v) is 4.15. The molecular weight excluding hydrogens is 360 g/mol. The Kier molecular flexibility index (Phi) is 4.09. The first-order valence-electron chi connectivity index (χ1n) is 9.66. The molecule has 1 unspecified atom stereocenters. The molecule has 0 fully saturated rings.